The average Bonchev–Trinajstić information content (AvgIpc) is 3.40. The van der Waals surface area contributed by atoms with Crippen LogP contribution in [0.4, 0.5) is 11.5 Å². The van der Waals surface area contributed by atoms with Crippen molar-refractivity contribution in [1.29, 1.82) is 0 Å². The summed E-state index contributed by atoms with van der Waals surface area (Å²) < 4.78 is 0.961. The molecule has 34 heavy (non-hydrogen) atoms. The maximum absolute atomic E-state index is 10.4. The molecule has 2 aromatic heterocycles. The van der Waals surface area contributed by atoms with Crippen LogP contribution in [-0.2, 0) is 0 Å². The highest BCUT2D eigenvalue weighted by Gasteiger charge is 2.17. The fourth-order valence-electron chi connectivity index (χ4n) is 4.52. The number of aromatic nitrogens is 2. The number of pyridine rings is 1. The normalized spacial score (nSPS) is 16.6. The second kappa shape index (κ2) is 8.38. The van der Waals surface area contributed by atoms with Crippen molar-refractivity contribution in [3.05, 3.63) is 80.8 Å². The lowest BCUT2D eigenvalue weighted by molar-refractivity contribution is 0.312. The molecule has 2 aromatic carbocycles. The Balaban J connectivity index is 1.34. The number of H-pyrrole nitrogens is 1. The quantitative estimate of drug-likeness (QED) is 0.435. The van der Waals surface area contributed by atoms with E-state index >= 15 is 0 Å². The number of rotatable bonds is 3. The van der Waals surface area contributed by atoms with Gasteiger partial charge in [-0.15, -0.1) is 10.2 Å². The summed E-state index contributed by atoms with van der Waals surface area (Å²) in [7, 11) is 2.15. The van der Waals surface area contributed by atoms with Gasteiger partial charge in [-0.3, -0.25) is 0 Å². The first-order valence-corrected chi connectivity index (χ1v) is 12.0. The fraction of sp³-hybridized carbons (Fsp3) is 0.192. The zero-order valence-corrected chi connectivity index (χ0v) is 20.2. The van der Waals surface area contributed by atoms with Crippen LogP contribution in [0.3, 0.4) is 0 Å². The first-order chi connectivity index (χ1) is 16.5. The molecule has 0 amide bonds. The van der Waals surface area contributed by atoms with Gasteiger partial charge in [0.05, 0.1) is 5.69 Å². The van der Waals surface area contributed by atoms with Gasteiger partial charge < -0.3 is 19.9 Å². The minimum Gasteiger partial charge on any atom is -0.494 e. The Morgan fingerprint density at radius 1 is 1.00 bits per heavy atom. The Labute approximate surface area is 204 Å². The van der Waals surface area contributed by atoms with Crippen molar-refractivity contribution in [3.8, 4) is 5.88 Å². The number of piperazine rings is 1. The number of nitrogens with zero attached hydrogens (tertiary/aromatic N) is 5. The van der Waals surface area contributed by atoms with Crippen molar-refractivity contribution < 1.29 is 5.11 Å². The first kappa shape index (κ1) is 21.1. The zero-order chi connectivity index (χ0) is 23.2. The molecule has 0 radical (unpaired) electrons. The SMILES string of the molecule is CN1CCN(c2ccc(C3=c4cc/c(=C\c5c(O)[nH]c6ccc(Br)cc56)cc4N=N3)cn2)CC1. The van der Waals surface area contributed by atoms with E-state index in [0.717, 1.165) is 80.3 Å². The molecule has 7 nitrogen and oxygen atoms in total. The number of hydrogen-bond donors (Lipinski definition) is 2. The van der Waals surface area contributed by atoms with Crippen LogP contribution in [0.2, 0.25) is 0 Å². The second-order valence-electron chi connectivity index (χ2n) is 8.74. The summed E-state index contributed by atoms with van der Waals surface area (Å²) in [6.45, 7) is 4.08. The molecule has 2 aliphatic heterocycles. The van der Waals surface area contributed by atoms with Crippen LogP contribution in [0.15, 0.2) is 69.4 Å². The number of benzene rings is 2. The van der Waals surface area contributed by atoms with Gasteiger partial charge in [-0.05, 0) is 60.8 Å². The topological polar surface area (TPSA) is 80.1 Å². The molecule has 0 spiro atoms. The van der Waals surface area contributed by atoms with Crippen molar-refractivity contribution in [2.75, 3.05) is 38.1 Å². The third-order valence-electron chi connectivity index (χ3n) is 6.47. The van der Waals surface area contributed by atoms with Crippen LogP contribution in [0, 0.1) is 0 Å². The molecule has 0 atom stereocenters. The first-order valence-electron chi connectivity index (χ1n) is 11.2. The van der Waals surface area contributed by atoms with Crippen LogP contribution in [0.5, 0.6) is 5.88 Å². The predicted molar refractivity (Wildman–Crippen MR) is 138 cm³/mol. The maximum atomic E-state index is 10.4. The van der Waals surface area contributed by atoms with Gasteiger partial charge in [0, 0.05) is 64.1 Å². The molecular weight excluding hydrogens is 492 g/mol. The maximum Gasteiger partial charge on any atom is 0.196 e. The Bertz CT molecular complexity index is 1550. The van der Waals surface area contributed by atoms with Crippen molar-refractivity contribution in [2.45, 2.75) is 0 Å². The van der Waals surface area contributed by atoms with Crippen LogP contribution >= 0.6 is 15.9 Å². The third-order valence-corrected chi connectivity index (χ3v) is 6.97. The van der Waals surface area contributed by atoms with Crippen LogP contribution in [0.25, 0.3) is 22.7 Å². The minimum absolute atomic E-state index is 0.147. The average molecular weight is 515 g/mol. The molecule has 0 aliphatic carbocycles. The molecule has 4 heterocycles. The highest BCUT2D eigenvalue weighted by atomic mass is 79.9. The number of fused-ring (bicyclic) bond motifs is 2. The molecule has 0 bridgehead atoms. The van der Waals surface area contributed by atoms with E-state index in [-0.39, 0.29) is 5.88 Å². The predicted octanol–water partition coefficient (Wildman–Crippen LogP) is 3.87. The standard InChI is InChI=1S/C26H23BrN6O/c1-32-8-10-33(11-9-32)24-7-3-17(15-28-24)25-19-5-2-16(13-23(19)30-31-25)12-21-20-14-18(27)4-6-22(20)29-26(21)34/h2-7,12-15,29,34H,8-11H2,1H3/b16-12+. The van der Waals surface area contributed by atoms with E-state index in [0.29, 0.717) is 0 Å². The number of halogens is 1. The summed E-state index contributed by atoms with van der Waals surface area (Å²) in [5, 5.41) is 22.2. The molecule has 2 N–H and O–H groups in total. The van der Waals surface area contributed by atoms with E-state index in [1.807, 2.05) is 48.7 Å². The summed E-state index contributed by atoms with van der Waals surface area (Å²) in [5.74, 6) is 1.15. The number of hydrogen-bond acceptors (Lipinski definition) is 6. The van der Waals surface area contributed by atoms with E-state index in [1.165, 1.54) is 0 Å². The van der Waals surface area contributed by atoms with Crippen molar-refractivity contribution in [3.63, 3.8) is 0 Å². The largest absolute Gasteiger partial charge is 0.494 e. The van der Waals surface area contributed by atoms with E-state index in [4.69, 9.17) is 4.98 Å². The smallest absolute Gasteiger partial charge is 0.196 e. The van der Waals surface area contributed by atoms with Gasteiger partial charge in [-0.1, -0.05) is 22.0 Å². The Kier molecular flexibility index (Phi) is 5.19. The van der Waals surface area contributed by atoms with Crippen LogP contribution < -0.4 is 15.3 Å². The molecule has 6 rings (SSSR count). The summed E-state index contributed by atoms with van der Waals surface area (Å²) in [4.78, 5) is 12.4. The monoisotopic (exact) mass is 514 g/mol. The van der Waals surface area contributed by atoms with Crippen LogP contribution in [-0.4, -0.2) is 53.2 Å². The lowest BCUT2D eigenvalue weighted by Crippen LogP contribution is -2.44. The summed E-state index contributed by atoms with van der Waals surface area (Å²) in [6.07, 6.45) is 3.85. The van der Waals surface area contributed by atoms with E-state index in [9.17, 15) is 5.11 Å². The number of aromatic hydroxyl groups is 1. The van der Waals surface area contributed by atoms with Gasteiger partial charge in [0.25, 0.3) is 0 Å². The second-order valence-corrected chi connectivity index (χ2v) is 9.66. The van der Waals surface area contributed by atoms with E-state index in [1.54, 1.807) is 0 Å². The molecule has 8 heteroatoms. The molecule has 4 aromatic rings. The Morgan fingerprint density at radius 2 is 1.85 bits per heavy atom. The van der Waals surface area contributed by atoms with Gasteiger partial charge >= 0.3 is 0 Å². The number of likely N-dealkylation sites (N-methyl/N-ethyl adjacent to an activating group) is 1. The molecule has 0 saturated carbocycles. The highest BCUT2D eigenvalue weighted by Crippen LogP contribution is 2.30. The number of anilines is 1. The van der Waals surface area contributed by atoms with Crippen molar-refractivity contribution in [2.24, 2.45) is 10.2 Å². The molecular formula is C26H23BrN6O. The Morgan fingerprint density at radius 3 is 2.65 bits per heavy atom. The van der Waals surface area contributed by atoms with Crippen LogP contribution in [0.1, 0.15) is 11.1 Å². The van der Waals surface area contributed by atoms with Gasteiger partial charge in [-0.2, -0.15) is 0 Å². The number of azo groups is 1. The summed E-state index contributed by atoms with van der Waals surface area (Å²) >= 11 is 3.51. The van der Waals surface area contributed by atoms with Crippen molar-refractivity contribution in [1.82, 2.24) is 14.9 Å². The number of aromatic amines is 1. The number of nitrogens with one attached hydrogen (secondary N) is 1. The Hall–Kier alpha value is -3.49. The van der Waals surface area contributed by atoms with E-state index < -0.39 is 0 Å². The summed E-state index contributed by atoms with van der Waals surface area (Å²) in [5.41, 5.74) is 4.23. The van der Waals surface area contributed by atoms with Gasteiger partial charge in [0.15, 0.2) is 5.88 Å². The van der Waals surface area contributed by atoms with E-state index in [2.05, 4.69) is 60.1 Å². The molecule has 0 unspecified atom stereocenters. The molecule has 2 aliphatic rings. The third kappa shape index (κ3) is 3.78. The molecule has 170 valence electrons. The molecule has 1 fully saturated rings. The lowest BCUT2D eigenvalue weighted by atomic mass is 10.1. The zero-order valence-electron chi connectivity index (χ0n) is 18.7. The summed E-state index contributed by atoms with van der Waals surface area (Å²) in [6, 6.07) is 16.1. The fourth-order valence-corrected chi connectivity index (χ4v) is 4.89. The highest BCUT2D eigenvalue weighted by molar-refractivity contribution is 9.10. The van der Waals surface area contributed by atoms with Gasteiger partial charge in [-0.25, -0.2) is 4.98 Å². The lowest BCUT2D eigenvalue weighted by Gasteiger charge is -2.33. The van der Waals surface area contributed by atoms with Gasteiger partial charge in [0.2, 0.25) is 0 Å². The minimum atomic E-state index is 0.147. The molecule has 1 saturated heterocycles. The van der Waals surface area contributed by atoms with Gasteiger partial charge in [0.1, 0.15) is 11.5 Å². The van der Waals surface area contributed by atoms with Crippen molar-refractivity contribution >= 4 is 50.1 Å².